The highest BCUT2D eigenvalue weighted by Gasteiger charge is 2.08. The van der Waals surface area contributed by atoms with Crippen molar-refractivity contribution in [3.63, 3.8) is 0 Å². The monoisotopic (exact) mass is 172 g/mol. The van der Waals surface area contributed by atoms with E-state index in [0.717, 1.165) is 9.88 Å². The van der Waals surface area contributed by atoms with E-state index in [1.54, 1.807) is 6.20 Å². The summed E-state index contributed by atoms with van der Waals surface area (Å²) in [5, 5.41) is 13.3. The summed E-state index contributed by atoms with van der Waals surface area (Å²) < 4.78 is 0. The fourth-order valence-electron chi connectivity index (χ4n) is 0.826. The van der Waals surface area contributed by atoms with Crippen LogP contribution in [0.5, 0.6) is 0 Å². The van der Waals surface area contributed by atoms with Crippen LogP contribution in [0.4, 0.5) is 0 Å². The first-order chi connectivity index (χ1) is 5.24. The Labute approximate surface area is 70.1 Å². The van der Waals surface area contributed by atoms with Crippen molar-refractivity contribution >= 4 is 11.3 Å². The third kappa shape index (κ3) is 2.25. The third-order valence-corrected chi connectivity index (χ3v) is 2.38. The van der Waals surface area contributed by atoms with E-state index in [2.05, 4.69) is 10.3 Å². The molecule has 0 saturated carbocycles. The number of rotatable bonds is 3. The number of nitrogens with one attached hydrogen (secondary N) is 1. The number of aliphatic hydroxyl groups is 1. The van der Waals surface area contributed by atoms with Crippen molar-refractivity contribution < 1.29 is 5.11 Å². The van der Waals surface area contributed by atoms with Gasteiger partial charge in [-0.25, -0.2) is 4.98 Å². The summed E-state index contributed by atoms with van der Waals surface area (Å²) in [6.45, 7) is 2.52. The highest BCUT2D eigenvalue weighted by molar-refractivity contribution is 7.11. The molecule has 0 radical (unpaired) electrons. The van der Waals surface area contributed by atoms with Gasteiger partial charge < -0.3 is 10.4 Å². The first-order valence-electron chi connectivity index (χ1n) is 3.49. The number of nitrogens with zero attached hydrogens (tertiary/aromatic N) is 1. The van der Waals surface area contributed by atoms with Crippen LogP contribution in [-0.2, 0) is 0 Å². The smallest absolute Gasteiger partial charge is 0.102 e. The fourth-order valence-corrected chi connectivity index (χ4v) is 1.60. The predicted octanol–water partition coefficient (Wildman–Crippen LogP) is 0.704. The number of aliphatic hydroxyl groups excluding tert-OH is 1. The summed E-state index contributed by atoms with van der Waals surface area (Å²) in [5.41, 5.74) is 0. The first kappa shape index (κ1) is 8.64. The van der Waals surface area contributed by atoms with E-state index in [1.807, 2.05) is 14.0 Å². The maximum absolute atomic E-state index is 9.44. The molecule has 0 fully saturated rings. The molecule has 0 bridgehead atoms. The Morgan fingerprint density at radius 1 is 1.82 bits per heavy atom. The molecular weight excluding hydrogens is 160 g/mol. The van der Waals surface area contributed by atoms with Gasteiger partial charge in [0.1, 0.15) is 6.10 Å². The maximum Gasteiger partial charge on any atom is 0.102 e. The Morgan fingerprint density at radius 3 is 3.00 bits per heavy atom. The Kier molecular flexibility index (Phi) is 2.99. The van der Waals surface area contributed by atoms with E-state index >= 15 is 0 Å². The SMILES string of the molecule is CNCC(O)c1cnc(C)s1. The molecule has 1 atom stereocenters. The van der Waals surface area contributed by atoms with E-state index in [4.69, 9.17) is 0 Å². The second-order valence-electron chi connectivity index (χ2n) is 2.36. The lowest BCUT2D eigenvalue weighted by Crippen LogP contribution is -2.15. The molecule has 1 unspecified atom stereocenters. The zero-order valence-corrected chi connectivity index (χ0v) is 7.48. The first-order valence-corrected chi connectivity index (χ1v) is 4.30. The van der Waals surface area contributed by atoms with Crippen molar-refractivity contribution in [3.05, 3.63) is 16.1 Å². The van der Waals surface area contributed by atoms with Gasteiger partial charge in [-0.05, 0) is 14.0 Å². The van der Waals surface area contributed by atoms with Crippen molar-refractivity contribution in [2.45, 2.75) is 13.0 Å². The summed E-state index contributed by atoms with van der Waals surface area (Å²) in [6.07, 6.45) is 1.31. The minimum Gasteiger partial charge on any atom is -0.386 e. The van der Waals surface area contributed by atoms with E-state index < -0.39 is 6.10 Å². The molecule has 1 heterocycles. The maximum atomic E-state index is 9.44. The summed E-state index contributed by atoms with van der Waals surface area (Å²) in [7, 11) is 1.82. The number of aryl methyl sites for hydroxylation is 1. The van der Waals surface area contributed by atoms with Crippen LogP contribution in [0.15, 0.2) is 6.20 Å². The van der Waals surface area contributed by atoms with Crippen LogP contribution in [0, 0.1) is 6.92 Å². The lowest BCUT2D eigenvalue weighted by molar-refractivity contribution is 0.181. The largest absolute Gasteiger partial charge is 0.386 e. The molecule has 0 aliphatic heterocycles. The van der Waals surface area contributed by atoms with E-state index in [0.29, 0.717) is 6.54 Å². The van der Waals surface area contributed by atoms with Gasteiger partial charge in [0.05, 0.1) is 9.88 Å². The topological polar surface area (TPSA) is 45.1 Å². The van der Waals surface area contributed by atoms with Crippen molar-refractivity contribution in [1.82, 2.24) is 10.3 Å². The number of hydrogen-bond acceptors (Lipinski definition) is 4. The van der Waals surface area contributed by atoms with Gasteiger partial charge in [-0.1, -0.05) is 0 Å². The Hall–Kier alpha value is -0.450. The molecule has 0 saturated heterocycles. The van der Waals surface area contributed by atoms with Gasteiger partial charge in [0, 0.05) is 12.7 Å². The number of thiazole rings is 1. The molecule has 1 rings (SSSR count). The van der Waals surface area contributed by atoms with Crippen LogP contribution in [0.3, 0.4) is 0 Å². The lowest BCUT2D eigenvalue weighted by Gasteiger charge is -2.04. The van der Waals surface area contributed by atoms with Crippen LogP contribution in [0.1, 0.15) is 16.0 Å². The van der Waals surface area contributed by atoms with Gasteiger partial charge in [-0.3, -0.25) is 0 Å². The summed E-state index contributed by atoms with van der Waals surface area (Å²) in [5.74, 6) is 0. The number of aromatic nitrogens is 1. The zero-order chi connectivity index (χ0) is 8.27. The Bertz CT molecular complexity index is 224. The number of hydrogen-bond donors (Lipinski definition) is 2. The number of likely N-dealkylation sites (N-methyl/N-ethyl adjacent to an activating group) is 1. The highest BCUT2D eigenvalue weighted by atomic mass is 32.1. The van der Waals surface area contributed by atoms with E-state index in [-0.39, 0.29) is 0 Å². The molecular formula is C7H12N2OS. The van der Waals surface area contributed by atoms with E-state index in [9.17, 15) is 5.11 Å². The molecule has 3 nitrogen and oxygen atoms in total. The van der Waals surface area contributed by atoms with Gasteiger partial charge >= 0.3 is 0 Å². The minimum absolute atomic E-state index is 0.411. The molecule has 1 aromatic rings. The van der Waals surface area contributed by atoms with Crippen molar-refractivity contribution in [2.75, 3.05) is 13.6 Å². The van der Waals surface area contributed by atoms with Crippen LogP contribution in [0.2, 0.25) is 0 Å². The summed E-state index contributed by atoms with van der Waals surface area (Å²) in [6, 6.07) is 0. The molecule has 0 amide bonds. The standard InChI is InChI=1S/C7H12N2OS/c1-5-9-4-7(11-5)6(10)3-8-2/h4,6,8,10H,3H2,1-2H3. The van der Waals surface area contributed by atoms with Crippen molar-refractivity contribution in [2.24, 2.45) is 0 Å². The minimum atomic E-state index is -0.411. The molecule has 62 valence electrons. The van der Waals surface area contributed by atoms with Gasteiger partial charge in [-0.15, -0.1) is 11.3 Å². The van der Waals surface area contributed by atoms with E-state index in [1.165, 1.54) is 11.3 Å². The fraction of sp³-hybridized carbons (Fsp3) is 0.571. The second kappa shape index (κ2) is 3.80. The van der Waals surface area contributed by atoms with Gasteiger partial charge in [0.2, 0.25) is 0 Å². The van der Waals surface area contributed by atoms with Crippen LogP contribution in [-0.4, -0.2) is 23.7 Å². The predicted molar refractivity (Wildman–Crippen MR) is 45.7 cm³/mol. The average molecular weight is 172 g/mol. The van der Waals surface area contributed by atoms with Gasteiger partial charge in [0.25, 0.3) is 0 Å². The highest BCUT2D eigenvalue weighted by Crippen LogP contribution is 2.19. The zero-order valence-electron chi connectivity index (χ0n) is 6.66. The molecule has 4 heteroatoms. The third-order valence-electron chi connectivity index (χ3n) is 1.37. The van der Waals surface area contributed by atoms with Crippen molar-refractivity contribution in [3.8, 4) is 0 Å². The average Bonchev–Trinajstić information content (AvgIpc) is 2.36. The van der Waals surface area contributed by atoms with Gasteiger partial charge in [0.15, 0.2) is 0 Å². The van der Waals surface area contributed by atoms with Crippen LogP contribution < -0.4 is 5.32 Å². The van der Waals surface area contributed by atoms with Crippen LogP contribution in [0.25, 0.3) is 0 Å². The second-order valence-corrected chi connectivity index (χ2v) is 3.62. The van der Waals surface area contributed by atoms with Gasteiger partial charge in [-0.2, -0.15) is 0 Å². The molecule has 11 heavy (non-hydrogen) atoms. The molecule has 0 spiro atoms. The summed E-state index contributed by atoms with van der Waals surface area (Å²) >= 11 is 1.53. The summed E-state index contributed by atoms with van der Waals surface area (Å²) in [4.78, 5) is 4.98. The van der Waals surface area contributed by atoms with Crippen LogP contribution >= 0.6 is 11.3 Å². The molecule has 1 aromatic heterocycles. The quantitative estimate of drug-likeness (QED) is 0.705. The Balaban J connectivity index is 2.60. The molecule has 0 aliphatic rings. The molecule has 0 aliphatic carbocycles. The van der Waals surface area contributed by atoms with Crippen molar-refractivity contribution in [1.29, 1.82) is 0 Å². The lowest BCUT2D eigenvalue weighted by atomic mass is 10.3. The Morgan fingerprint density at radius 2 is 2.55 bits per heavy atom. The molecule has 0 aromatic carbocycles. The molecule has 2 N–H and O–H groups in total. The normalized spacial score (nSPS) is 13.4.